The first-order chi connectivity index (χ1) is 13.4. The van der Waals surface area contributed by atoms with E-state index in [1.54, 1.807) is 0 Å². The van der Waals surface area contributed by atoms with Crippen molar-refractivity contribution in [2.75, 3.05) is 26.2 Å². The number of nitrogens with zero attached hydrogens (tertiary/aromatic N) is 2. The minimum absolute atomic E-state index is 0.451. The lowest BCUT2D eigenvalue weighted by Crippen LogP contribution is -2.47. The number of piperazine rings is 1. The van der Waals surface area contributed by atoms with E-state index in [9.17, 15) is 0 Å². The molecule has 1 aliphatic heterocycles. The summed E-state index contributed by atoms with van der Waals surface area (Å²) < 4.78 is 0. The molecule has 2 nitrogen and oxygen atoms in total. The Morgan fingerprint density at radius 3 is 1.70 bits per heavy atom. The highest BCUT2D eigenvalue weighted by molar-refractivity contribution is 5.24. The van der Waals surface area contributed by atoms with Gasteiger partial charge in [-0.2, -0.15) is 0 Å². The van der Waals surface area contributed by atoms with Crippen LogP contribution in [0.5, 0.6) is 0 Å². The third-order valence-corrected chi connectivity index (χ3v) is 5.55. The average molecular weight is 357 g/mol. The molecule has 1 fully saturated rings. The lowest BCUT2D eigenvalue weighted by atomic mass is 9.96. The minimum atomic E-state index is 0.451. The van der Waals surface area contributed by atoms with Crippen molar-refractivity contribution in [1.29, 1.82) is 0 Å². The van der Waals surface area contributed by atoms with Gasteiger partial charge in [0.25, 0.3) is 0 Å². The van der Waals surface area contributed by atoms with Crippen molar-refractivity contribution < 1.29 is 0 Å². The molecule has 1 unspecified atom stereocenters. The van der Waals surface area contributed by atoms with Gasteiger partial charge in [-0.05, 0) is 23.1 Å². The van der Waals surface area contributed by atoms with Gasteiger partial charge in [-0.15, -0.1) is 0 Å². The molecule has 0 N–H and O–H groups in total. The average Bonchev–Trinajstić information content (AvgIpc) is 2.75. The fraction of sp³-hybridized carbons (Fsp3) is 0.280. The van der Waals surface area contributed by atoms with Crippen molar-refractivity contribution >= 4 is 0 Å². The van der Waals surface area contributed by atoms with Crippen LogP contribution in [0, 0.1) is 0 Å². The zero-order chi connectivity index (χ0) is 18.3. The summed E-state index contributed by atoms with van der Waals surface area (Å²) in [6, 6.07) is 33.2. The van der Waals surface area contributed by atoms with Crippen molar-refractivity contribution in [2.24, 2.45) is 0 Å². The topological polar surface area (TPSA) is 6.48 Å². The van der Waals surface area contributed by atoms with E-state index in [4.69, 9.17) is 0 Å². The Kier molecular flexibility index (Phi) is 5.98. The van der Waals surface area contributed by atoms with E-state index in [1.165, 1.54) is 16.7 Å². The van der Waals surface area contributed by atoms with Gasteiger partial charge in [0.2, 0.25) is 0 Å². The van der Waals surface area contributed by atoms with E-state index in [-0.39, 0.29) is 0 Å². The van der Waals surface area contributed by atoms with Crippen molar-refractivity contribution in [3.05, 3.63) is 108 Å². The maximum absolute atomic E-state index is 2.67. The molecular weight excluding hydrogens is 328 g/mol. The van der Waals surface area contributed by atoms with Crippen molar-refractivity contribution in [1.82, 2.24) is 9.80 Å². The third-order valence-electron chi connectivity index (χ3n) is 5.55. The normalized spacial score (nSPS) is 16.9. The number of rotatable bonds is 6. The zero-order valence-electron chi connectivity index (χ0n) is 15.9. The molecule has 0 aromatic heterocycles. The summed E-state index contributed by atoms with van der Waals surface area (Å²) in [5.41, 5.74) is 4.26. The van der Waals surface area contributed by atoms with Gasteiger partial charge in [0.15, 0.2) is 0 Å². The van der Waals surface area contributed by atoms with Gasteiger partial charge < -0.3 is 0 Å². The van der Waals surface area contributed by atoms with Crippen LogP contribution in [0.4, 0.5) is 0 Å². The molecule has 138 valence electrons. The van der Waals surface area contributed by atoms with Crippen LogP contribution >= 0.6 is 0 Å². The summed E-state index contributed by atoms with van der Waals surface area (Å²) in [5, 5.41) is 0. The Balaban J connectivity index is 1.43. The van der Waals surface area contributed by atoms with E-state index in [0.717, 1.165) is 39.1 Å². The predicted molar refractivity (Wildman–Crippen MR) is 113 cm³/mol. The number of hydrogen-bond acceptors (Lipinski definition) is 2. The highest BCUT2D eigenvalue weighted by atomic mass is 15.3. The first-order valence-corrected chi connectivity index (χ1v) is 9.98. The summed E-state index contributed by atoms with van der Waals surface area (Å²) in [6.45, 7) is 5.57. The van der Waals surface area contributed by atoms with Crippen molar-refractivity contribution in [3.63, 3.8) is 0 Å². The molecule has 3 aromatic carbocycles. The maximum atomic E-state index is 2.67. The maximum Gasteiger partial charge on any atom is 0.0389 e. The largest absolute Gasteiger partial charge is 0.297 e. The van der Waals surface area contributed by atoms with Gasteiger partial charge >= 0.3 is 0 Å². The summed E-state index contributed by atoms with van der Waals surface area (Å²) in [7, 11) is 0. The molecule has 4 rings (SSSR count). The lowest BCUT2D eigenvalue weighted by Gasteiger charge is -2.39. The molecule has 1 atom stereocenters. The second-order valence-corrected chi connectivity index (χ2v) is 7.41. The first-order valence-electron chi connectivity index (χ1n) is 9.98. The standard InChI is InChI=1S/C25H28N2/c1-4-10-22(11-5-1)20-25(24-14-8-3-9-15-24)27-18-16-26(17-19-27)21-23-12-6-2-7-13-23/h1-15,25H,16-21H2. The van der Waals surface area contributed by atoms with Crippen LogP contribution in [-0.4, -0.2) is 36.0 Å². The molecule has 1 heterocycles. The molecular formula is C25H28N2. The minimum Gasteiger partial charge on any atom is -0.297 e. The molecule has 0 amide bonds. The Hall–Kier alpha value is -2.42. The molecule has 0 aliphatic carbocycles. The van der Waals surface area contributed by atoms with Gasteiger partial charge in [-0.1, -0.05) is 91.0 Å². The highest BCUT2D eigenvalue weighted by Gasteiger charge is 2.25. The van der Waals surface area contributed by atoms with Gasteiger partial charge in [-0.3, -0.25) is 9.80 Å². The summed E-state index contributed by atoms with van der Waals surface area (Å²) in [5.74, 6) is 0. The SMILES string of the molecule is c1ccc(CC(c2ccccc2)N2CCN(Cc3ccccc3)CC2)cc1. The third kappa shape index (κ3) is 4.85. The molecule has 0 bridgehead atoms. The molecule has 27 heavy (non-hydrogen) atoms. The summed E-state index contributed by atoms with van der Waals surface area (Å²) in [6.07, 6.45) is 1.07. The van der Waals surface area contributed by atoms with Crippen LogP contribution in [0.1, 0.15) is 22.7 Å². The van der Waals surface area contributed by atoms with Crippen LogP contribution in [0.15, 0.2) is 91.0 Å². The number of hydrogen-bond donors (Lipinski definition) is 0. The Labute approximate surface area is 163 Å². The van der Waals surface area contributed by atoms with Gasteiger partial charge in [0.05, 0.1) is 0 Å². The summed E-state index contributed by atoms with van der Waals surface area (Å²) >= 11 is 0. The molecule has 2 heteroatoms. The van der Waals surface area contributed by atoms with Crippen LogP contribution < -0.4 is 0 Å². The van der Waals surface area contributed by atoms with E-state index < -0.39 is 0 Å². The van der Waals surface area contributed by atoms with Gasteiger partial charge in [0, 0.05) is 38.8 Å². The van der Waals surface area contributed by atoms with E-state index in [0.29, 0.717) is 6.04 Å². The molecule has 0 saturated carbocycles. The van der Waals surface area contributed by atoms with Crippen LogP contribution in [0.2, 0.25) is 0 Å². The Bertz CT molecular complexity index is 794. The van der Waals surface area contributed by atoms with E-state index >= 15 is 0 Å². The molecule has 1 saturated heterocycles. The Morgan fingerprint density at radius 2 is 1.11 bits per heavy atom. The van der Waals surface area contributed by atoms with E-state index in [1.807, 2.05) is 0 Å². The lowest BCUT2D eigenvalue weighted by molar-refractivity contribution is 0.0912. The fourth-order valence-corrected chi connectivity index (χ4v) is 4.05. The van der Waals surface area contributed by atoms with Gasteiger partial charge in [0.1, 0.15) is 0 Å². The Morgan fingerprint density at radius 1 is 0.593 bits per heavy atom. The van der Waals surface area contributed by atoms with E-state index in [2.05, 4.69) is 101 Å². The van der Waals surface area contributed by atoms with Crippen molar-refractivity contribution in [2.45, 2.75) is 19.0 Å². The van der Waals surface area contributed by atoms with Gasteiger partial charge in [-0.25, -0.2) is 0 Å². The molecule has 3 aromatic rings. The second kappa shape index (κ2) is 8.98. The first kappa shape index (κ1) is 18.0. The predicted octanol–water partition coefficient (Wildman–Crippen LogP) is 4.79. The quantitative estimate of drug-likeness (QED) is 0.627. The highest BCUT2D eigenvalue weighted by Crippen LogP contribution is 2.26. The van der Waals surface area contributed by atoms with Crippen molar-refractivity contribution in [3.8, 4) is 0 Å². The summed E-state index contributed by atoms with van der Waals surface area (Å²) in [4.78, 5) is 5.25. The molecule has 0 radical (unpaired) electrons. The second-order valence-electron chi connectivity index (χ2n) is 7.41. The van der Waals surface area contributed by atoms with Crippen LogP contribution in [0.25, 0.3) is 0 Å². The molecule has 1 aliphatic rings. The fourth-order valence-electron chi connectivity index (χ4n) is 4.05. The molecule has 0 spiro atoms. The van der Waals surface area contributed by atoms with Crippen LogP contribution in [0.3, 0.4) is 0 Å². The monoisotopic (exact) mass is 356 g/mol. The smallest absolute Gasteiger partial charge is 0.0389 e. The zero-order valence-corrected chi connectivity index (χ0v) is 15.9. The number of benzene rings is 3. The van der Waals surface area contributed by atoms with Crippen LogP contribution in [-0.2, 0) is 13.0 Å².